The summed E-state index contributed by atoms with van der Waals surface area (Å²) in [6.45, 7) is 8.74. The monoisotopic (exact) mass is 239 g/mol. The Bertz CT molecular complexity index is 369. The molecule has 0 aliphatic carbocycles. The molecular formula is C13H21NOS. The molecule has 1 aromatic carbocycles. The highest BCUT2D eigenvalue weighted by molar-refractivity contribution is 7.99. The molecule has 1 rings (SSSR count). The van der Waals surface area contributed by atoms with Crippen LogP contribution in [0.5, 0.6) is 5.75 Å². The molecule has 16 heavy (non-hydrogen) atoms. The topological polar surface area (TPSA) is 21.3 Å². The van der Waals surface area contributed by atoms with Crippen LogP contribution in [0.3, 0.4) is 0 Å². The highest BCUT2D eigenvalue weighted by atomic mass is 32.2. The number of rotatable bonds is 3. The number of anilines is 1. The van der Waals surface area contributed by atoms with Gasteiger partial charge in [0.2, 0.25) is 0 Å². The van der Waals surface area contributed by atoms with Crippen molar-refractivity contribution in [3.8, 4) is 5.75 Å². The van der Waals surface area contributed by atoms with E-state index < -0.39 is 0 Å². The van der Waals surface area contributed by atoms with E-state index >= 15 is 0 Å². The standard InChI is InChI=1S/C13H21NOS/c1-9-7-10(13(2,3)4)8-11(14-16-6)12(9)15-5/h7-8,14H,1-6H3. The molecule has 0 heterocycles. The van der Waals surface area contributed by atoms with Crippen molar-refractivity contribution in [2.45, 2.75) is 33.1 Å². The van der Waals surface area contributed by atoms with Gasteiger partial charge in [-0.3, -0.25) is 0 Å². The molecule has 90 valence electrons. The summed E-state index contributed by atoms with van der Waals surface area (Å²) in [5.74, 6) is 0.933. The second-order valence-corrected chi connectivity index (χ2v) is 5.54. The predicted octanol–water partition coefficient (Wildman–Crippen LogP) is 3.99. The molecule has 2 nitrogen and oxygen atoms in total. The SMILES string of the molecule is COc1c(C)cc(C(C)(C)C)cc1NSC. The van der Waals surface area contributed by atoms with Gasteiger partial charge in [0.15, 0.2) is 0 Å². The molecule has 1 aromatic rings. The number of hydrogen-bond acceptors (Lipinski definition) is 3. The fraction of sp³-hybridized carbons (Fsp3) is 0.538. The molecule has 0 saturated carbocycles. The first-order valence-corrected chi connectivity index (χ1v) is 6.60. The van der Waals surface area contributed by atoms with E-state index in [1.165, 1.54) is 11.1 Å². The second-order valence-electron chi connectivity index (χ2n) is 4.93. The van der Waals surface area contributed by atoms with Crippen LogP contribution in [0.15, 0.2) is 12.1 Å². The van der Waals surface area contributed by atoms with Crippen molar-refractivity contribution in [2.75, 3.05) is 18.1 Å². The molecule has 0 amide bonds. The number of nitrogens with one attached hydrogen (secondary N) is 1. The van der Waals surface area contributed by atoms with Gasteiger partial charge < -0.3 is 9.46 Å². The van der Waals surface area contributed by atoms with E-state index in [1.807, 2.05) is 6.26 Å². The first kappa shape index (κ1) is 13.2. The van der Waals surface area contributed by atoms with Crippen molar-refractivity contribution in [3.05, 3.63) is 23.3 Å². The number of ether oxygens (including phenoxy) is 1. The molecule has 0 radical (unpaired) electrons. The normalized spacial score (nSPS) is 11.4. The van der Waals surface area contributed by atoms with Crippen LogP contribution in [0.4, 0.5) is 5.69 Å². The molecule has 0 aromatic heterocycles. The quantitative estimate of drug-likeness (QED) is 0.806. The Kier molecular flexibility index (Phi) is 4.14. The van der Waals surface area contributed by atoms with E-state index in [0.717, 1.165) is 11.4 Å². The molecule has 0 atom stereocenters. The van der Waals surface area contributed by atoms with Crippen molar-refractivity contribution < 1.29 is 4.74 Å². The summed E-state index contributed by atoms with van der Waals surface area (Å²) in [7, 11) is 1.71. The van der Waals surface area contributed by atoms with E-state index in [-0.39, 0.29) is 5.41 Å². The Morgan fingerprint density at radius 2 is 1.88 bits per heavy atom. The van der Waals surface area contributed by atoms with Crippen molar-refractivity contribution in [2.24, 2.45) is 0 Å². The molecule has 0 unspecified atom stereocenters. The molecule has 1 N–H and O–H groups in total. The molecule has 0 aliphatic rings. The van der Waals surface area contributed by atoms with Crippen molar-refractivity contribution in [3.63, 3.8) is 0 Å². The number of methoxy groups -OCH3 is 1. The minimum atomic E-state index is 0.159. The second kappa shape index (κ2) is 5.00. The summed E-state index contributed by atoms with van der Waals surface area (Å²) < 4.78 is 8.69. The van der Waals surface area contributed by atoms with Crippen LogP contribution in [0.25, 0.3) is 0 Å². The lowest BCUT2D eigenvalue weighted by atomic mass is 9.86. The van der Waals surface area contributed by atoms with Crippen molar-refractivity contribution in [1.29, 1.82) is 0 Å². The van der Waals surface area contributed by atoms with Crippen LogP contribution in [-0.2, 0) is 5.41 Å². The van der Waals surface area contributed by atoms with Crippen molar-refractivity contribution >= 4 is 17.6 Å². The predicted molar refractivity (Wildman–Crippen MR) is 73.6 cm³/mol. The third kappa shape index (κ3) is 2.85. The maximum atomic E-state index is 5.42. The zero-order valence-corrected chi connectivity index (χ0v) is 11.8. The summed E-state index contributed by atoms with van der Waals surface area (Å²) in [5.41, 5.74) is 3.71. The van der Waals surface area contributed by atoms with Gasteiger partial charge in [0.25, 0.3) is 0 Å². The molecule has 0 saturated heterocycles. The van der Waals surface area contributed by atoms with Crippen LogP contribution >= 0.6 is 11.9 Å². The molecule has 0 fully saturated rings. The maximum absolute atomic E-state index is 5.42. The lowest BCUT2D eigenvalue weighted by Gasteiger charge is -2.22. The number of aryl methyl sites for hydroxylation is 1. The Morgan fingerprint density at radius 3 is 2.31 bits per heavy atom. The average molecular weight is 239 g/mol. The third-order valence-electron chi connectivity index (χ3n) is 2.56. The highest BCUT2D eigenvalue weighted by Crippen LogP contribution is 2.35. The maximum Gasteiger partial charge on any atom is 0.145 e. The van der Waals surface area contributed by atoms with Gasteiger partial charge in [0, 0.05) is 6.26 Å². The van der Waals surface area contributed by atoms with E-state index in [1.54, 1.807) is 19.1 Å². The van der Waals surface area contributed by atoms with Crippen LogP contribution in [0.1, 0.15) is 31.9 Å². The molecule has 0 spiro atoms. The van der Waals surface area contributed by atoms with E-state index in [9.17, 15) is 0 Å². The van der Waals surface area contributed by atoms with Crippen molar-refractivity contribution in [1.82, 2.24) is 0 Å². The minimum Gasteiger partial charge on any atom is -0.494 e. The Labute approximate surface area is 103 Å². The van der Waals surface area contributed by atoms with E-state index in [0.29, 0.717) is 0 Å². The summed E-state index contributed by atoms with van der Waals surface area (Å²) >= 11 is 1.58. The minimum absolute atomic E-state index is 0.159. The van der Waals surface area contributed by atoms with Crippen LogP contribution < -0.4 is 9.46 Å². The molecule has 3 heteroatoms. The Morgan fingerprint density at radius 1 is 1.25 bits per heavy atom. The third-order valence-corrected chi connectivity index (χ3v) is 2.98. The first-order chi connectivity index (χ1) is 7.40. The van der Waals surface area contributed by atoms with E-state index in [4.69, 9.17) is 4.74 Å². The summed E-state index contributed by atoms with van der Waals surface area (Å²) in [5, 5.41) is 0. The van der Waals surface area contributed by atoms with Gasteiger partial charge in [-0.15, -0.1) is 0 Å². The van der Waals surface area contributed by atoms with Gasteiger partial charge in [0.1, 0.15) is 5.75 Å². The smallest absolute Gasteiger partial charge is 0.145 e. The zero-order valence-electron chi connectivity index (χ0n) is 11.0. The van der Waals surface area contributed by atoms with Gasteiger partial charge in [-0.1, -0.05) is 38.8 Å². The summed E-state index contributed by atoms with van der Waals surface area (Å²) in [4.78, 5) is 0. The molecule has 0 aliphatic heterocycles. The average Bonchev–Trinajstić information content (AvgIpc) is 2.16. The number of benzene rings is 1. The van der Waals surface area contributed by atoms with Crippen LogP contribution in [0, 0.1) is 6.92 Å². The lowest BCUT2D eigenvalue weighted by molar-refractivity contribution is 0.413. The van der Waals surface area contributed by atoms with Gasteiger partial charge in [-0.2, -0.15) is 0 Å². The largest absolute Gasteiger partial charge is 0.494 e. The highest BCUT2D eigenvalue weighted by Gasteiger charge is 2.17. The van der Waals surface area contributed by atoms with Gasteiger partial charge in [0.05, 0.1) is 12.8 Å². The van der Waals surface area contributed by atoms with Crippen LogP contribution in [-0.4, -0.2) is 13.4 Å². The molecule has 0 bridgehead atoms. The van der Waals surface area contributed by atoms with Gasteiger partial charge >= 0.3 is 0 Å². The van der Waals surface area contributed by atoms with Gasteiger partial charge in [-0.05, 0) is 29.5 Å². The first-order valence-electron chi connectivity index (χ1n) is 5.38. The fourth-order valence-electron chi connectivity index (χ4n) is 1.66. The number of hydrogen-bond donors (Lipinski definition) is 1. The van der Waals surface area contributed by atoms with Crippen LogP contribution in [0.2, 0.25) is 0 Å². The fourth-order valence-corrected chi connectivity index (χ4v) is 2.04. The summed E-state index contributed by atoms with van der Waals surface area (Å²) in [6.07, 6.45) is 2.01. The summed E-state index contributed by atoms with van der Waals surface area (Å²) in [6, 6.07) is 4.37. The Balaban J connectivity index is 3.28. The van der Waals surface area contributed by atoms with Gasteiger partial charge in [-0.25, -0.2) is 0 Å². The molecular weight excluding hydrogens is 218 g/mol. The Hall–Kier alpha value is -0.830. The lowest BCUT2D eigenvalue weighted by Crippen LogP contribution is -2.12. The zero-order chi connectivity index (χ0) is 12.3. The van der Waals surface area contributed by atoms with E-state index in [2.05, 4.69) is 44.5 Å².